The zero-order valence-corrected chi connectivity index (χ0v) is 13.7. The van der Waals surface area contributed by atoms with Gasteiger partial charge in [-0.2, -0.15) is 10.1 Å². The van der Waals surface area contributed by atoms with Gasteiger partial charge in [-0.25, -0.2) is 4.98 Å². The minimum atomic E-state index is 0.0639. The lowest BCUT2D eigenvalue weighted by atomic mass is 10.2. The van der Waals surface area contributed by atoms with Crippen molar-refractivity contribution in [2.75, 3.05) is 5.32 Å². The smallest absolute Gasteiger partial charge is 0.203 e. The Labute approximate surface area is 131 Å². The number of pyridine rings is 1. The highest BCUT2D eigenvalue weighted by Gasteiger charge is 2.12. The summed E-state index contributed by atoms with van der Waals surface area (Å²) in [5, 5.41) is 7.88. The normalized spacial score (nSPS) is 13.0. The third-order valence-electron chi connectivity index (χ3n) is 3.26. The van der Waals surface area contributed by atoms with E-state index in [1.807, 2.05) is 23.0 Å². The van der Waals surface area contributed by atoms with Gasteiger partial charge >= 0.3 is 0 Å². The monoisotopic (exact) mass is 348 g/mol. The highest BCUT2D eigenvalue weighted by Crippen LogP contribution is 2.20. The fourth-order valence-electron chi connectivity index (χ4n) is 2.09. The Morgan fingerprint density at radius 1 is 1.33 bits per heavy atom. The van der Waals surface area contributed by atoms with Crippen molar-refractivity contribution < 1.29 is 0 Å². The molecule has 3 aromatic heterocycles. The summed E-state index contributed by atoms with van der Waals surface area (Å²) in [5.41, 5.74) is 2.57. The van der Waals surface area contributed by atoms with Crippen molar-refractivity contribution in [2.45, 2.75) is 32.9 Å². The number of nitrogens with one attached hydrogen (secondary N) is 2. The van der Waals surface area contributed by atoms with E-state index in [0.29, 0.717) is 17.6 Å². The van der Waals surface area contributed by atoms with Gasteiger partial charge < -0.3 is 10.3 Å². The molecule has 0 radical (unpaired) electrons. The van der Waals surface area contributed by atoms with Gasteiger partial charge in [-0.05, 0) is 48.8 Å². The Hall–Kier alpha value is -1.89. The zero-order valence-electron chi connectivity index (χ0n) is 12.1. The van der Waals surface area contributed by atoms with E-state index in [4.69, 9.17) is 0 Å². The molecule has 0 spiro atoms. The number of H-pyrrole nitrogens is 1. The first-order valence-electron chi connectivity index (χ1n) is 6.86. The first-order chi connectivity index (χ1) is 10.0. The summed E-state index contributed by atoms with van der Waals surface area (Å²) < 4.78 is 2.87. The Kier molecular flexibility index (Phi) is 3.67. The van der Waals surface area contributed by atoms with Crippen LogP contribution in [-0.2, 0) is 0 Å². The molecule has 3 rings (SSSR count). The molecule has 0 fully saturated rings. The summed E-state index contributed by atoms with van der Waals surface area (Å²) >= 11 is 3.40. The fraction of sp³-hybridized carbons (Fsp3) is 0.357. The summed E-state index contributed by atoms with van der Waals surface area (Å²) in [6.07, 6.45) is 3.73. The van der Waals surface area contributed by atoms with E-state index >= 15 is 0 Å². The second-order valence-electron chi connectivity index (χ2n) is 5.29. The number of rotatable bonds is 4. The Morgan fingerprint density at radius 2 is 2.14 bits per heavy atom. The minimum absolute atomic E-state index is 0.0639. The third kappa shape index (κ3) is 2.92. The maximum absolute atomic E-state index is 4.56. The average Bonchev–Trinajstić information content (AvgIpc) is 3.03. The molecule has 0 bridgehead atoms. The van der Waals surface area contributed by atoms with Crippen LogP contribution in [0.3, 0.4) is 0 Å². The van der Waals surface area contributed by atoms with Gasteiger partial charge in [-0.3, -0.25) is 4.68 Å². The molecule has 6 nitrogen and oxygen atoms in total. The van der Waals surface area contributed by atoms with Crippen LogP contribution < -0.4 is 5.32 Å². The maximum Gasteiger partial charge on any atom is 0.203 e. The Balaban J connectivity index is 1.80. The van der Waals surface area contributed by atoms with Crippen molar-refractivity contribution in [3.8, 4) is 0 Å². The number of imidazole rings is 1. The molecule has 0 aliphatic rings. The van der Waals surface area contributed by atoms with E-state index < -0.39 is 0 Å². The zero-order chi connectivity index (χ0) is 15.0. The fourth-order valence-corrected chi connectivity index (χ4v) is 2.42. The molecular weight excluding hydrogens is 332 g/mol. The molecule has 3 heterocycles. The number of aromatic nitrogens is 5. The molecule has 110 valence electrons. The lowest BCUT2D eigenvalue weighted by Crippen LogP contribution is -2.10. The van der Waals surface area contributed by atoms with Crippen molar-refractivity contribution in [1.82, 2.24) is 24.7 Å². The van der Waals surface area contributed by atoms with E-state index in [2.05, 4.69) is 62.1 Å². The molecule has 2 N–H and O–H groups in total. The van der Waals surface area contributed by atoms with Crippen molar-refractivity contribution >= 4 is 33.0 Å². The number of hydrogen-bond acceptors (Lipinski definition) is 4. The largest absolute Gasteiger partial charge is 0.348 e. The van der Waals surface area contributed by atoms with Crippen LogP contribution in [0.4, 0.5) is 5.95 Å². The van der Waals surface area contributed by atoms with Gasteiger partial charge in [-0.15, -0.1) is 0 Å². The summed E-state index contributed by atoms with van der Waals surface area (Å²) in [5.74, 6) is 0.696. The highest BCUT2D eigenvalue weighted by atomic mass is 79.9. The van der Waals surface area contributed by atoms with Crippen LogP contribution in [0.15, 0.2) is 29.0 Å². The molecule has 0 amide bonds. The second-order valence-corrected chi connectivity index (χ2v) is 6.21. The van der Waals surface area contributed by atoms with Crippen LogP contribution in [0.25, 0.3) is 11.2 Å². The van der Waals surface area contributed by atoms with Crippen LogP contribution in [0, 0.1) is 0 Å². The third-order valence-corrected chi connectivity index (χ3v) is 3.69. The number of nitrogens with zero attached hydrogens (tertiary/aromatic N) is 4. The summed E-state index contributed by atoms with van der Waals surface area (Å²) in [4.78, 5) is 11.9. The maximum atomic E-state index is 4.56. The molecule has 1 atom stereocenters. The lowest BCUT2D eigenvalue weighted by molar-refractivity contribution is 0.523. The van der Waals surface area contributed by atoms with Gasteiger partial charge in [-0.1, -0.05) is 0 Å². The van der Waals surface area contributed by atoms with E-state index in [-0.39, 0.29) is 6.04 Å². The average molecular weight is 349 g/mol. The topological polar surface area (TPSA) is 71.4 Å². The molecule has 0 saturated heterocycles. The molecule has 1 unspecified atom stereocenters. The lowest BCUT2D eigenvalue weighted by Gasteiger charge is -2.10. The van der Waals surface area contributed by atoms with E-state index in [1.54, 1.807) is 6.20 Å². The van der Waals surface area contributed by atoms with Gasteiger partial charge in [0.1, 0.15) is 0 Å². The molecular formula is C14H17BrN6. The second kappa shape index (κ2) is 5.48. The van der Waals surface area contributed by atoms with Crippen molar-refractivity contribution in [1.29, 1.82) is 0 Å². The Bertz CT molecular complexity index is 760. The predicted molar refractivity (Wildman–Crippen MR) is 86.2 cm³/mol. The van der Waals surface area contributed by atoms with E-state index in [9.17, 15) is 0 Å². The Morgan fingerprint density at radius 3 is 2.86 bits per heavy atom. The van der Waals surface area contributed by atoms with Crippen molar-refractivity contribution in [3.63, 3.8) is 0 Å². The predicted octanol–water partition coefficient (Wildman–Crippen LogP) is 3.67. The van der Waals surface area contributed by atoms with Gasteiger partial charge in [0.2, 0.25) is 5.95 Å². The van der Waals surface area contributed by atoms with Crippen molar-refractivity contribution in [2.24, 2.45) is 0 Å². The van der Waals surface area contributed by atoms with Crippen LogP contribution in [0.1, 0.15) is 38.5 Å². The summed E-state index contributed by atoms with van der Waals surface area (Å²) in [7, 11) is 0. The van der Waals surface area contributed by atoms with Gasteiger partial charge in [0, 0.05) is 22.9 Å². The molecule has 3 aromatic rings. The van der Waals surface area contributed by atoms with Crippen LogP contribution in [-0.4, -0.2) is 24.7 Å². The number of hydrogen-bond donors (Lipinski definition) is 2. The number of fused-ring (bicyclic) bond motifs is 1. The molecule has 7 heteroatoms. The molecule has 0 saturated carbocycles. The first-order valence-corrected chi connectivity index (χ1v) is 7.65. The van der Waals surface area contributed by atoms with Crippen LogP contribution in [0.2, 0.25) is 0 Å². The first kappa shape index (κ1) is 14.1. The number of anilines is 1. The standard InChI is InChI=1S/C14H17BrN6/c1-8(2)21-5-4-11(20-21)9(3)17-14-18-12-6-10(15)7-16-13(12)19-14/h4-9H,1-3H3,(H2,16,17,18,19). The summed E-state index contributed by atoms with van der Waals surface area (Å²) in [6.45, 7) is 6.28. The number of aromatic amines is 1. The molecule has 21 heavy (non-hydrogen) atoms. The minimum Gasteiger partial charge on any atom is -0.348 e. The van der Waals surface area contributed by atoms with Crippen molar-refractivity contribution in [3.05, 3.63) is 34.7 Å². The highest BCUT2D eigenvalue weighted by molar-refractivity contribution is 9.10. The van der Waals surface area contributed by atoms with Crippen LogP contribution >= 0.6 is 15.9 Å². The number of halogens is 1. The molecule has 0 aliphatic heterocycles. The van der Waals surface area contributed by atoms with E-state index in [0.717, 1.165) is 15.7 Å². The summed E-state index contributed by atoms with van der Waals surface area (Å²) in [6, 6.07) is 4.40. The van der Waals surface area contributed by atoms with E-state index in [1.165, 1.54) is 0 Å². The molecule has 0 aliphatic carbocycles. The molecule has 0 aromatic carbocycles. The van der Waals surface area contributed by atoms with Crippen LogP contribution in [0.5, 0.6) is 0 Å². The quantitative estimate of drug-likeness (QED) is 0.754. The SMILES string of the molecule is CC(Nc1nc2ncc(Br)cc2[nH]1)c1ccn(C(C)C)n1. The van der Waals surface area contributed by atoms with Gasteiger partial charge in [0.05, 0.1) is 17.3 Å². The van der Waals surface area contributed by atoms with Gasteiger partial charge in [0.15, 0.2) is 5.65 Å². The van der Waals surface area contributed by atoms with Gasteiger partial charge in [0.25, 0.3) is 0 Å².